The van der Waals surface area contributed by atoms with Crippen molar-refractivity contribution >= 4 is 16.0 Å². The Kier molecular flexibility index (Phi) is 5.03. The van der Waals surface area contributed by atoms with E-state index in [0.717, 1.165) is 0 Å². The fraction of sp³-hybridized carbons (Fsp3) is 0.333. The maximum atomic E-state index is 11.8. The summed E-state index contributed by atoms with van der Waals surface area (Å²) in [6.45, 7) is 1.59. The lowest BCUT2D eigenvalue weighted by molar-refractivity contribution is -0.139. The van der Waals surface area contributed by atoms with E-state index in [-0.39, 0.29) is 12.2 Å². The number of aliphatic carboxylic acids is 1. The SMILES string of the molecule is CC[C@@H](NS(=O)(=O)Cc1ccc(C#N)cc1)C(=O)O. The molecule has 0 radical (unpaired) electrons. The van der Waals surface area contributed by atoms with Crippen molar-refractivity contribution in [2.24, 2.45) is 0 Å². The van der Waals surface area contributed by atoms with E-state index < -0.39 is 22.0 Å². The first kappa shape index (κ1) is 15.1. The molecule has 2 N–H and O–H groups in total. The molecule has 0 saturated carbocycles. The molecule has 0 bridgehead atoms. The second-order valence-electron chi connectivity index (χ2n) is 3.98. The molecule has 1 atom stereocenters. The van der Waals surface area contributed by atoms with Gasteiger partial charge in [0.2, 0.25) is 10.0 Å². The van der Waals surface area contributed by atoms with Gasteiger partial charge in [0.05, 0.1) is 17.4 Å². The fourth-order valence-electron chi connectivity index (χ4n) is 1.46. The molecule has 1 rings (SSSR count). The second-order valence-corrected chi connectivity index (χ2v) is 5.74. The number of nitrogens with zero attached hydrogens (tertiary/aromatic N) is 1. The summed E-state index contributed by atoms with van der Waals surface area (Å²) in [7, 11) is -3.72. The Labute approximate surface area is 111 Å². The standard InChI is InChI=1S/C12H14N2O4S/c1-2-11(12(15)16)14-19(17,18)8-10-5-3-9(7-13)4-6-10/h3-6,11,14H,2,8H2,1H3,(H,15,16)/t11-/m1/s1. The van der Waals surface area contributed by atoms with Crippen LogP contribution in [0.15, 0.2) is 24.3 Å². The van der Waals surface area contributed by atoms with Gasteiger partial charge in [0.1, 0.15) is 6.04 Å². The molecule has 0 aliphatic carbocycles. The van der Waals surface area contributed by atoms with E-state index in [1.165, 1.54) is 24.3 Å². The highest BCUT2D eigenvalue weighted by molar-refractivity contribution is 7.88. The number of rotatable bonds is 6. The van der Waals surface area contributed by atoms with E-state index in [2.05, 4.69) is 4.72 Å². The highest BCUT2D eigenvalue weighted by atomic mass is 32.2. The van der Waals surface area contributed by atoms with Gasteiger partial charge in [-0.3, -0.25) is 4.79 Å². The average molecular weight is 282 g/mol. The summed E-state index contributed by atoms with van der Waals surface area (Å²) < 4.78 is 25.7. The van der Waals surface area contributed by atoms with Crippen molar-refractivity contribution < 1.29 is 18.3 Å². The predicted octanol–water partition coefficient (Wildman–Crippen LogP) is 0.841. The molecule has 1 aromatic carbocycles. The van der Waals surface area contributed by atoms with Crippen molar-refractivity contribution in [2.75, 3.05) is 0 Å². The lowest BCUT2D eigenvalue weighted by Gasteiger charge is -2.12. The van der Waals surface area contributed by atoms with E-state index in [9.17, 15) is 13.2 Å². The lowest BCUT2D eigenvalue weighted by atomic mass is 10.2. The Balaban J connectivity index is 2.79. The molecular formula is C12H14N2O4S. The lowest BCUT2D eigenvalue weighted by Crippen LogP contribution is -2.40. The van der Waals surface area contributed by atoms with Crippen molar-refractivity contribution in [1.29, 1.82) is 5.26 Å². The number of carbonyl (C=O) groups is 1. The molecule has 102 valence electrons. The van der Waals surface area contributed by atoms with Crippen LogP contribution in [0.4, 0.5) is 0 Å². The predicted molar refractivity (Wildman–Crippen MR) is 68.6 cm³/mol. The Morgan fingerprint density at radius 2 is 2.00 bits per heavy atom. The Morgan fingerprint density at radius 3 is 2.42 bits per heavy atom. The van der Waals surface area contributed by atoms with Crippen LogP contribution in [-0.2, 0) is 20.6 Å². The normalized spacial score (nSPS) is 12.6. The number of nitriles is 1. The number of hydrogen-bond donors (Lipinski definition) is 2. The van der Waals surface area contributed by atoms with Crippen LogP contribution in [0.3, 0.4) is 0 Å². The van der Waals surface area contributed by atoms with Crippen molar-refractivity contribution in [3.05, 3.63) is 35.4 Å². The molecular weight excluding hydrogens is 268 g/mol. The van der Waals surface area contributed by atoms with E-state index in [1.54, 1.807) is 6.92 Å². The minimum Gasteiger partial charge on any atom is -0.480 e. The zero-order valence-electron chi connectivity index (χ0n) is 10.3. The van der Waals surface area contributed by atoms with Crippen LogP contribution in [0, 0.1) is 11.3 Å². The van der Waals surface area contributed by atoms with Crippen molar-refractivity contribution in [3.8, 4) is 6.07 Å². The van der Waals surface area contributed by atoms with Gasteiger partial charge in [-0.1, -0.05) is 19.1 Å². The Hall–Kier alpha value is -1.91. The molecule has 0 unspecified atom stereocenters. The number of sulfonamides is 1. The summed E-state index contributed by atoms with van der Waals surface area (Å²) in [6, 6.07) is 6.89. The van der Waals surface area contributed by atoms with E-state index in [0.29, 0.717) is 11.1 Å². The summed E-state index contributed by atoms with van der Waals surface area (Å²) >= 11 is 0. The van der Waals surface area contributed by atoms with Gasteiger partial charge in [0, 0.05) is 0 Å². The first-order valence-corrected chi connectivity index (χ1v) is 7.25. The monoisotopic (exact) mass is 282 g/mol. The van der Waals surface area contributed by atoms with Gasteiger partial charge in [-0.25, -0.2) is 13.1 Å². The smallest absolute Gasteiger partial charge is 0.321 e. The van der Waals surface area contributed by atoms with Crippen molar-refractivity contribution in [2.45, 2.75) is 25.1 Å². The largest absolute Gasteiger partial charge is 0.480 e. The molecule has 19 heavy (non-hydrogen) atoms. The minimum atomic E-state index is -3.72. The van der Waals surface area contributed by atoms with Gasteiger partial charge in [-0.05, 0) is 24.1 Å². The van der Waals surface area contributed by atoms with Gasteiger partial charge in [0.15, 0.2) is 0 Å². The summed E-state index contributed by atoms with van der Waals surface area (Å²) in [6.07, 6.45) is 0.169. The third kappa shape index (κ3) is 4.69. The molecule has 0 fully saturated rings. The summed E-state index contributed by atoms with van der Waals surface area (Å²) in [4.78, 5) is 10.8. The van der Waals surface area contributed by atoms with Crippen LogP contribution in [0.2, 0.25) is 0 Å². The minimum absolute atomic E-state index is 0.169. The number of carboxylic acids is 1. The van der Waals surface area contributed by atoms with Gasteiger partial charge < -0.3 is 5.11 Å². The molecule has 7 heteroatoms. The average Bonchev–Trinajstić information content (AvgIpc) is 2.36. The molecule has 0 saturated heterocycles. The molecule has 1 aromatic rings. The molecule has 0 aliphatic heterocycles. The molecule has 0 amide bonds. The van der Waals surface area contributed by atoms with Crippen LogP contribution < -0.4 is 4.72 Å². The van der Waals surface area contributed by atoms with Crippen molar-refractivity contribution in [1.82, 2.24) is 4.72 Å². The van der Waals surface area contributed by atoms with E-state index in [1.807, 2.05) is 6.07 Å². The fourth-order valence-corrected chi connectivity index (χ4v) is 2.88. The number of benzene rings is 1. The summed E-state index contributed by atoms with van der Waals surface area (Å²) in [5.74, 6) is -1.52. The molecule has 6 nitrogen and oxygen atoms in total. The summed E-state index contributed by atoms with van der Waals surface area (Å²) in [5, 5.41) is 17.4. The third-order valence-corrected chi connectivity index (χ3v) is 3.82. The zero-order valence-corrected chi connectivity index (χ0v) is 11.1. The van der Waals surface area contributed by atoms with Crippen molar-refractivity contribution in [3.63, 3.8) is 0 Å². The molecule has 0 heterocycles. The van der Waals surface area contributed by atoms with Gasteiger partial charge in [0.25, 0.3) is 0 Å². The van der Waals surface area contributed by atoms with E-state index in [4.69, 9.17) is 10.4 Å². The van der Waals surface area contributed by atoms with Gasteiger partial charge in [-0.15, -0.1) is 0 Å². The quantitative estimate of drug-likeness (QED) is 0.804. The van der Waals surface area contributed by atoms with Crippen LogP contribution in [0.25, 0.3) is 0 Å². The number of hydrogen-bond acceptors (Lipinski definition) is 4. The number of nitrogens with one attached hydrogen (secondary N) is 1. The molecule has 0 aliphatic rings. The Morgan fingerprint density at radius 1 is 1.42 bits per heavy atom. The summed E-state index contributed by atoms with van der Waals surface area (Å²) in [5.41, 5.74) is 0.929. The first-order valence-electron chi connectivity index (χ1n) is 5.60. The van der Waals surface area contributed by atoms with Crippen LogP contribution in [0.1, 0.15) is 24.5 Å². The van der Waals surface area contributed by atoms with Gasteiger partial charge >= 0.3 is 5.97 Å². The highest BCUT2D eigenvalue weighted by Gasteiger charge is 2.22. The maximum Gasteiger partial charge on any atom is 0.321 e. The first-order chi connectivity index (χ1) is 8.88. The molecule has 0 aromatic heterocycles. The van der Waals surface area contributed by atoms with E-state index >= 15 is 0 Å². The second kappa shape index (κ2) is 6.31. The number of carboxylic acid groups (broad SMARTS) is 1. The van der Waals surface area contributed by atoms with Gasteiger partial charge in [-0.2, -0.15) is 5.26 Å². The Bertz CT molecular complexity index is 587. The highest BCUT2D eigenvalue weighted by Crippen LogP contribution is 2.08. The van der Waals surface area contributed by atoms with Crippen LogP contribution in [-0.4, -0.2) is 25.5 Å². The maximum absolute atomic E-state index is 11.8. The topological polar surface area (TPSA) is 107 Å². The zero-order chi connectivity index (χ0) is 14.5. The van der Waals surface area contributed by atoms with Crippen LogP contribution in [0.5, 0.6) is 0 Å². The third-order valence-electron chi connectivity index (χ3n) is 2.47. The molecule has 0 spiro atoms. The van der Waals surface area contributed by atoms with Crippen LogP contribution >= 0.6 is 0 Å².